The van der Waals surface area contributed by atoms with E-state index in [9.17, 15) is 50.4 Å². The highest BCUT2D eigenvalue weighted by Gasteiger charge is 2.60. The van der Waals surface area contributed by atoms with E-state index >= 15 is 0 Å². The maximum absolute atomic E-state index is 12.0. The van der Waals surface area contributed by atoms with Crippen LogP contribution < -0.4 is 28.3 Å². The molecule has 2 saturated heterocycles. The minimum atomic E-state index is -2.27. The van der Waals surface area contributed by atoms with E-state index < -0.39 is 128 Å². The van der Waals surface area contributed by atoms with Crippen molar-refractivity contribution < 1.29 is 74.5 Å². The standard InChI is InChI=1S/C27H50N8O15/c1-9-27(46,8-37)22(24(47-9)49-21-14(34-26(30)31)17(42)13(33-25(28)29)18(43)20(21)45)50-23-15(19(44)16(41)10(7-36)48-23)35(2)6-5-32-11(38)3-4-12(39)40/h9-10,13-24,36-37,41-46H,3-8H2,1-2H3,(H,32,38)(H,39,40)(H4,28,29,33)(H4,30,31,34)/t9-,10?,13?,14+,15?,16+,17?,18-,19-,20?,21+,22?,23+,24+,27+/m1/s1. The van der Waals surface area contributed by atoms with Gasteiger partial charge in [-0.25, -0.2) is 9.98 Å². The van der Waals surface area contributed by atoms with E-state index in [1.165, 1.54) is 18.9 Å². The Bertz CT molecular complexity index is 1210. The largest absolute Gasteiger partial charge is 0.481 e. The van der Waals surface area contributed by atoms with E-state index in [2.05, 4.69) is 15.3 Å². The lowest BCUT2D eigenvalue weighted by Crippen LogP contribution is -2.67. The first-order valence-corrected chi connectivity index (χ1v) is 15.7. The number of nitrogens with one attached hydrogen (secondary N) is 1. The molecule has 6 unspecified atom stereocenters. The molecule has 2 heterocycles. The first kappa shape index (κ1) is 41.4. The van der Waals surface area contributed by atoms with Gasteiger partial charge in [-0.1, -0.05) is 0 Å². The summed E-state index contributed by atoms with van der Waals surface area (Å²) in [5.74, 6) is -2.80. The van der Waals surface area contributed by atoms with Crippen molar-refractivity contribution in [3.05, 3.63) is 0 Å². The minimum absolute atomic E-state index is 0.0107. The predicted molar refractivity (Wildman–Crippen MR) is 167 cm³/mol. The first-order valence-electron chi connectivity index (χ1n) is 15.7. The number of hydrogen-bond acceptors (Lipinski definition) is 17. The number of nitrogens with zero attached hydrogens (tertiary/aromatic N) is 3. The summed E-state index contributed by atoms with van der Waals surface area (Å²) in [4.78, 5) is 31.9. The van der Waals surface area contributed by atoms with Crippen LogP contribution in [0.4, 0.5) is 0 Å². The van der Waals surface area contributed by atoms with Gasteiger partial charge in [0.2, 0.25) is 5.91 Å². The van der Waals surface area contributed by atoms with Gasteiger partial charge in [-0.05, 0) is 14.0 Å². The van der Waals surface area contributed by atoms with E-state index in [1.807, 2.05) is 0 Å². The molecule has 0 aromatic heterocycles. The zero-order valence-corrected chi connectivity index (χ0v) is 27.5. The van der Waals surface area contributed by atoms with Gasteiger partial charge in [0.1, 0.15) is 66.5 Å². The fraction of sp³-hybridized carbons (Fsp3) is 0.852. The van der Waals surface area contributed by atoms with Crippen molar-refractivity contribution in [3.63, 3.8) is 0 Å². The van der Waals surface area contributed by atoms with Crippen molar-refractivity contribution in [1.82, 2.24) is 10.2 Å². The summed E-state index contributed by atoms with van der Waals surface area (Å²) in [6, 6.07) is -4.33. The number of carboxylic acids is 1. The van der Waals surface area contributed by atoms with Crippen LogP contribution in [-0.4, -0.2) is 199 Å². The SMILES string of the molecule is C[C@H]1O[C@@H](O[C@@H]2C(O)[C@H](O)C(N=C(N)N)C(O)[C@@H]2N=C(N)N)C(O[C@@H]2OC(CO)[C@H](O)[C@H](O)C2N(C)CCNC(=O)CCC(=O)O)[C@]1(O)CO. The fourth-order valence-electron chi connectivity index (χ4n) is 6.14. The number of rotatable bonds is 15. The van der Waals surface area contributed by atoms with Gasteiger partial charge < -0.3 is 93.2 Å². The Morgan fingerprint density at radius 1 is 0.860 bits per heavy atom. The number of hydrogen-bond donors (Lipinski definition) is 14. The summed E-state index contributed by atoms with van der Waals surface area (Å²) in [5, 5.41) is 97.8. The van der Waals surface area contributed by atoms with Crippen LogP contribution in [0.25, 0.3) is 0 Å². The van der Waals surface area contributed by atoms with Crippen molar-refractivity contribution in [1.29, 1.82) is 0 Å². The number of aliphatic hydroxyl groups excluding tert-OH is 7. The number of likely N-dealkylation sites (N-methyl/N-ethyl adjacent to an activating group) is 1. The number of carbonyl (C=O) groups is 2. The predicted octanol–water partition coefficient (Wildman–Crippen LogP) is -8.67. The number of nitrogens with two attached hydrogens (primary N) is 4. The highest BCUT2D eigenvalue weighted by Crippen LogP contribution is 2.39. The van der Waals surface area contributed by atoms with E-state index in [1.54, 1.807) is 0 Å². The van der Waals surface area contributed by atoms with Gasteiger partial charge in [0, 0.05) is 19.5 Å². The quantitative estimate of drug-likeness (QED) is 0.0550. The van der Waals surface area contributed by atoms with Crippen LogP contribution >= 0.6 is 0 Å². The number of aliphatic hydroxyl groups is 8. The molecule has 0 radical (unpaired) electrons. The lowest BCUT2D eigenvalue weighted by molar-refractivity contribution is -0.327. The Morgan fingerprint density at radius 3 is 2.04 bits per heavy atom. The Kier molecular flexibility index (Phi) is 14.4. The van der Waals surface area contributed by atoms with Gasteiger partial charge in [-0.15, -0.1) is 0 Å². The molecular formula is C27H50N8O15. The van der Waals surface area contributed by atoms with Crippen LogP contribution in [-0.2, 0) is 28.5 Å². The molecule has 1 saturated carbocycles. The lowest BCUT2D eigenvalue weighted by Gasteiger charge is -2.48. The van der Waals surface area contributed by atoms with Crippen molar-refractivity contribution in [3.8, 4) is 0 Å². The second kappa shape index (κ2) is 17.5. The summed E-state index contributed by atoms with van der Waals surface area (Å²) in [6.07, 6.45) is -18.9. The van der Waals surface area contributed by atoms with E-state index in [4.69, 9.17) is 47.0 Å². The van der Waals surface area contributed by atoms with Crippen molar-refractivity contribution >= 4 is 23.8 Å². The zero-order valence-electron chi connectivity index (χ0n) is 27.5. The van der Waals surface area contributed by atoms with Crippen LogP contribution in [0.5, 0.6) is 0 Å². The van der Waals surface area contributed by atoms with E-state index in [0.717, 1.165) is 0 Å². The molecule has 288 valence electrons. The van der Waals surface area contributed by atoms with E-state index in [-0.39, 0.29) is 25.9 Å². The minimum Gasteiger partial charge on any atom is -0.481 e. The van der Waals surface area contributed by atoms with Crippen molar-refractivity contribution in [2.24, 2.45) is 32.9 Å². The monoisotopic (exact) mass is 726 g/mol. The molecule has 23 heteroatoms. The Morgan fingerprint density at radius 2 is 1.48 bits per heavy atom. The fourth-order valence-corrected chi connectivity index (χ4v) is 6.14. The molecule has 15 atom stereocenters. The molecule has 0 bridgehead atoms. The molecule has 0 aromatic carbocycles. The third-order valence-electron chi connectivity index (χ3n) is 8.99. The Hall–Kier alpha value is -3.04. The average molecular weight is 727 g/mol. The number of aliphatic imine (C=N–C) groups is 2. The van der Waals surface area contributed by atoms with Gasteiger partial charge in [-0.3, -0.25) is 14.5 Å². The average Bonchev–Trinajstić information content (AvgIpc) is 3.28. The lowest BCUT2D eigenvalue weighted by atomic mass is 9.81. The normalized spacial score (nSPS) is 40.3. The topological polar surface area (TPSA) is 397 Å². The summed E-state index contributed by atoms with van der Waals surface area (Å²) < 4.78 is 23.7. The number of guanidine groups is 2. The molecule has 18 N–H and O–H groups in total. The molecule has 1 aliphatic carbocycles. The summed E-state index contributed by atoms with van der Waals surface area (Å²) in [5.41, 5.74) is 19.7. The summed E-state index contributed by atoms with van der Waals surface area (Å²) >= 11 is 0. The maximum atomic E-state index is 12.0. The Balaban J connectivity index is 1.93. The molecule has 0 spiro atoms. The Labute approximate surface area is 286 Å². The van der Waals surface area contributed by atoms with Gasteiger partial charge in [0.05, 0.1) is 31.8 Å². The first-order chi connectivity index (χ1) is 23.4. The van der Waals surface area contributed by atoms with Crippen molar-refractivity contribution in [2.45, 2.75) is 111 Å². The molecular weight excluding hydrogens is 676 g/mol. The van der Waals surface area contributed by atoms with E-state index in [0.29, 0.717) is 0 Å². The highest BCUT2D eigenvalue weighted by atomic mass is 16.8. The smallest absolute Gasteiger partial charge is 0.303 e. The molecule has 2 aliphatic heterocycles. The molecule has 3 aliphatic rings. The third kappa shape index (κ3) is 9.24. The zero-order chi connectivity index (χ0) is 37.7. The molecule has 3 fully saturated rings. The number of ether oxygens (including phenoxy) is 4. The van der Waals surface area contributed by atoms with Crippen LogP contribution in [0, 0.1) is 0 Å². The molecule has 50 heavy (non-hydrogen) atoms. The number of carbonyl (C=O) groups excluding carboxylic acids is 1. The molecule has 23 nitrogen and oxygen atoms in total. The van der Waals surface area contributed by atoms with Crippen LogP contribution in [0.1, 0.15) is 19.8 Å². The van der Waals surface area contributed by atoms with Crippen LogP contribution in [0.2, 0.25) is 0 Å². The molecule has 0 aromatic rings. The van der Waals surface area contributed by atoms with Gasteiger partial charge in [-0.2, -0.15) is 0 Å². The second-order valence-corrected chi connectivity index (χ2v) is 12.4. The number of amides is 1. The highest BCUT2D eigenvalue weighted by molar-refractivity contribution is 5.80. The van der Waals surface area contributed by atoms with Crippen LogP contribution in [0.3, 0.4) is 0 Å². The van der Waals surface area contributed by atoms with Gasteiger partial charge >= 0.3 is 5.97 Å². The molecule has 1 amide bonds. The number of aliphatic carboxylic acids is 1. The number of carboxylic acid groups (broad SMARTS) is 1. The maximum Gasteiger partial charge on any atom is 0.303 e. The summed E-state index contributed by atoms with van der Waals surface area (Å²) in [7, 11) is 1.47. The third-order valence-corrected chi connectivity index (χ3v) is 8.99. The van der Waals surface area contributed by atoms with Crippen LogP contribution in [0.15, 0.2) is 9.98 Å². The van der Waals surface area contributed by atoms with Gasteiger partial charge in [0.25, 0.3) is 0 Å². The molecule has 3 rings (SSSR count). The second-order valence-electron chi connectivity index (χ2n) is 12.4. The van der Waals surface area contributed by atoms with Crippen molar-refractivity contribution in [2.75, 3.05) is 33.4 Å². The van der Waals surface area contributed by atoms with Gasteiger partial charge in [0.15, 0.2) is 24.5 Å². The summed E-state index contributed by atoms with van der Waals surface area (Å²) in [6.45, 7) is -0.476.